The summed E-state index contributed by atoms with van der Waals surface area (Å²) in [6.07, 6.45) is 2.70. The molecule has 0 bridgehead atoms. The highest BCUT2D eigenvalue weighted by Crippen LogP contribution is 1.99. The maximum atomic E-state index is 11.4. The van der Waals surface area contributed by atoms with Crippen LogP contribution in [-0.2, 0) is 4.79 Å². The monoisotopic (exact) mass is 189 g/mol. The second kappa shape index (κ2) is 6.49. The molecule has 0 spiro atoms. The molecule has 0 aromatic carbocycles. The third-order valence-electron chi connectivity index (χ3n) is 1.62. The topological polar surface area (TPSA) is 29.1 Å². The third-order valence-corrected chi connectivity index (χ3v) is 2.23. The molecule has 0 amide bonds. The summed E-state index contributed by atoms with van der Waals surface area (Å²) in [4.78, 5) is 11.4. The van der Waals surface area contributed by atoms with Crippen LogP contribution in [0.4, 0.5) is 0 Å². The Kier molecular flexibility index (Phi) is 6.48. The number of rotatable bonds is 6. The van der Waals surface area contributed by atoms with Crippen LogP contribution in [0.5, 0.6) is 0 Å². The Hall–Kier alpha value is -0.0200. The molecule has 0 aliphatic rings. The van der Waals surface area contributed by atoms with Crippen LogP contribution < -0.4 is 5.32 Å². The standard InChI is InChI=1S/C9H19NOS/c1-7(2)10-8(3)9(11)5-6-12-4/h7-8,10H,5-6H2,1-4H3/t8-/m0/s1. The zero-order valence-corrected chi connectivity index (χ0v) is 9.20. The van der Waals surface area contributed by atoms with E-state index in [1.807, 2.05) is 13.2 Å². The fourth-order valence-electron chi connectivity index (χ4n) is 1.01. The van der Waals surface area contributed by atoms with Gasteiger partial charge >= 0.3 is 0 Å². The van der Waals surface area contributed by atoms with Crippen molar-refractivity contribution in [2.24, 2.45) is 0 Å². The number of hydrogen-bond donors (Lipinski definition) is 1. The fraction of sp³-hybridized carbons (Fsp3) is 0.889. The van der Waals surface area contributed by atoms with E-state index in [1.165, 1.54) is 0 Å². The number of ketones is 1. The molecule has 0 saturated heterocycles. The van der Waals surface area contributed by atoms with E-state index < -0.39 is 0 Å². The summed E-state index contributed by atoms with van der Waals surface area (Å²) in [7, 11) is 0. The van der Waals surface area contributed by atoms with Crippen molar-refractivity contribution in [3.63, 3.8) is 0 Å². The lowest BCUT2D eigenvalue weighted by Crippen LogP contribution is -2.38. The second-order valence-corrected chi connectivity index (χ2v) is 4.24. The van der Waals surface area contributed by atoms with E-state index in [9.17, 15) is 4.79 Å². The second-order valence-electron chi connectivity index (χ2n) is 3.25. The van der Waals surface area contributed by atoms with Gasteiger partial charge in [0, 0.05) is 12.5 Å². The summed E-state index contributed by atoms with van der Waals surface area (Å²) in [6, 6.07) is 0.398. The first-order valence-corrected chi connectivity index (χ1v) is 5.75. The van der Waals surface area contributed by atoms with Gasteiger partial charge in [-0.3, -0.25) is 4.79 Å². The molecule has 72 valence electrons. The lowest BCUT2D eigenvalue weighted by atomic mass is 10.1. The predicted octanol–water partition coefficient (Wildman–Crippen LogP) is 1.70. The number of thioether (sulfide) groups is 1. The van der Waals surface area contributed by atoms with Gasteiger partial charge in [0.2, 0.25) is 0 Å². The van der Waals surface area contributed by atoms with Crippen molar-refractivity contribution in [1.82, 2.24) is 5.32 Å². The van der Waals surface area contributed by atoms with Crippen LogP contribution in [0.2, 0.25) is 0 Å². The van der Waals surface area contributed by atoms with E-state index in [2.05, 4.69) is 19.2 Å². The van der Waals surface area contributed by atoms with Crippen LogP contribution in [0.15, 0.2) is 0 Å². The van der Waals surface area contributed by atoms with Gasteiger partial charge in [0.1, 0.15) is 5.78 Å². The molecule has 12 heavy (non-hydrogen) atoms. The van der Waals surface area contributed by atoms with E-state index in [0.29, 0.717) is 18.2 Å². The van der Waals surface area contributed by atoms with Crippen molar-refractivity contribution in [1.29, 1.82) is 0 Å². The molecule has 0 aromatic heterocycles. The van der Waals surface area contributed by atoms with Crippen molar-refractivity contribution in [3.05, 3.63) is 0 Å². The van der Waals surface area contributed by atoms with Gasteiger partial charge in [0.05, 0.1) is 6.04 Å². The average molecular weight is 189 g/mol. The molecule has 0 unspecified atom stereocenters. The minimum absolute atomic E-state index is 0.0112. The maximum Gasteiger partial charge on any atom is 0.150 e. The molecule has 0 heterocycles. The highest BCUT2D eigenvalue weighted by atomic mass is 32.2. The Bertz CT molecular complexity index is 136. The number of hydrogen-bond acceptors (Lipinski definition) is 3. The first kappa shape index (κ1) is 12.0. The summed E-state index contributed by atoms with van der Waals surface area (Å²) in [5.74, 6) is 1.25. The van der Waals surface area contributed by atoms with Crippen molar-refractivity contribution in [2.45, 2.75) is 39.3 Å². The molecular formula is C9H19NOS. The fourth-order valence-corrected chi connectivity index (χ4v) is 1.42. The van der Waals surface area contributed by atoms with Gasteiger partial charge in [-0.25, -0.2) is 0 Å². The highest BCUT2D eigenvalue weighted by molar-refractivity contribution is 7.98. The Morgan fingerprint density at radius 2 is 2.00 bits per heavy atom. The molecule has 0 fully saturated rings. The number of Topliss-reactive ketones (excluding diaryl/α,β-unsaturated/α-hetero) is 1. The van der Waals surface area contributed by atoms with Crippen LogP contribution in [0.1, 0.15) is 27.2 Å². The van der Waals surface area contributed by atoms with Gasteiger partial charge in [0.15, 0.2) is 0 Å². The largest absolute Gasteiger partial charge is 0.305 e. The molecule has 0 aliphatic carbocycles. The molecule has 2 nitrogen and oxygen atoms in total. The normalized spacial score (nSPS) is 13.4. The maximum absolute atomic E-state index is 11.4. The Balaban J connectivity index is 3.61. The summed E-state index contributed by atoms with van der Waals surface area (Å²) >= 11 is 1.72. The van der Waals surface area contributed by atoms with Gasteiger partial charge in [-0.15, -0.1) is 0 Å². The SMILES string of the molecule is CSCCC(=O)[C@H](C)NC(C)C. The Morgan fingerprint density at radius 3 is 2.42 bits per heavy atom. The quantitative estimate of drug-likeness (QED) is 0.689. The van der Waals surface area contributed by atoms with E-state index in [4.69, 9.17) is 0 Å². The average Bonchev–Trinajstić information content (AvgIpc) is 1.98. The number of carbonyl (C=O) groups excluding carboxylic acids is 1. The van der Waals surface area contributed by atoms with Crippen molar-refractivity contribution < 1.29 is 4.79 Å². The predicted molar refractivity (Wildman–Crippen MR) is 55.7 cm³/mol. The molecule has 0 radical (unpaired) electrons. The van der Waals surface area contributed by atoms with Crippen LogP contribution in [0.3, 0.4) is 0 Å². The van der Waals surface area contributed by atoms with E-state index in [-0.39, 0.29) is 6.04 Å². The molecule has 1 atom stereocenters. The van der Waals surface area contributed by atoms with Gasteiger partial charge in [-0.1, -0.05) is 13.8 Å². The Labute approximate surface area is 79.5 Å². The number of carbonyl (C=O) groups is 1. The highest BCUT2D eigenvalue weighted by Gasteiger charge is 2.11. The summed E-state index contributed by atoms with van der Waals surface area (Å²) in [5, 5.41) is 3.19. The first-order chi connectivity index (χ1) is 5.57. The molecule has 0 saturated carbocycles. The zero-order valence-electron chi connectivity index (χ0n) is 8.39. The van der Waals surface area contributed by atoms with Crippen molar-refractivity contribution in [3.8, 4) is 0 Å². The summed E-state index contributed by atoms with van der Waals surface area (Å²) < 4.78 is 0. The zero-order chi connectivity index (χ0) is 9.56. The molecule has 0 aliphatic heterocycles. The summed E-state index contributed by atoms with van der Waals surface area (Å²) in [5.41, 5.74) is 0. The van der Waals surface area contributed by atoms with E-state index >= 15 is 0 Å². The third kappa shape index (κ3) is 5.61. The van der Waals surface area contributed by atoms with Crippen LogP contribution in [-0.4, -0.2) is 29.9 Å². The van der Waals surface area contributed by atoms with Crippen LogP contribution in [0, 0.1) is 0 Å². The molecule has 3 heteroatoms. The molecule has 1 N–H and O–H groups in total. The van der Waals surface area contributed by atoms with Gasteiger partial charge in [-0.2, -0.15) is 11.8 Å². The van der Waals surface area contributed by atoms with E-state index in [1.54, 1.807) is 11.8 Å². The van der Waals surface area contributed by atoms with Gasteiger partial charge in [-0.05, 0) is 18.9 Å². The minimum atomic E-state index is 0.0112. The van der Waals surface area contributed by atoms with Crippen molar-refractivity contribution in [2.75, 3.05) is 12.0 Å². The Morgan fingerprint density at radius 1 is 1.42 bits per heavy atom. The molecule has 0 aromatic rings. The van der Waals surface area contributed by atoms with Crippen LogP contribution in [0.25, 0.3) is 0 Å². The smallest absolute Gasteiger partial charge is 0.150 e. The molecule has 0 rings (SSSR count). The lowest BCUT2D eigenvalue weighted by Gasteiger charge is -2.15. The minimum Gasteiger partial charge on any atom is -0.305 e. The summed E-state index contributed by atoms with van der Waals surface area (Å²) in [6.45, 7) is 6.04. The van der Waals surface area contributed by atoms with Crippen LogP contribution >= 0.6 is 11.8 Å². The number of nitrogens with one attached hydrogen (secondary N) is 1. The van der Waals surface area contributed by atoms with Gasteiger partial charge < -0.3 is 5.32 Å². The molecular weight excluding hydrogens is 170 g/mol. The van der Waals surface area contributed by atoms with Crippen molar-refractivity contribution >= 4 is 17.5 Å². The van der Waals surface area contributed by atoms with E-state index in [0.717, 1.165) is 5.75 Å². The van der Waals surface area contributed by atoms with Gasteiger partial charge in [0.25, 0.3) is 0 Å². The lowest BCUT2D eigenvalue weighted by molar-refractivity contribution is -0.120. The first-order valence-electron chi connectivity index (χ1n) is 4.35.